The van der Waals surface area contributed by atoms with Crippen molar-refractivity contribution in [1.82, 2.24) is 10.3 Å². The molecule has 10 heteroatoms. The Morgan fingerprint density at radius 1 is 1.15 bits per heavy atom. The second-order valence-corrected chi connectivity index (χ2v) is 8.00. The first-order chi connectivity index (χ1) is 15.7. The molecular weight excluding hydrogens is 452 g/mol. The minimum Gasteiger partial charge on any atom is -0.458 e. The lowest BCUT2D eigenvalue weighted by Gasteiger charge is -2.21. The average molecular weight is 474 g/mol. The number of benzene rings is 2. The third-order valence-corrected chi connectivity index (χ3v) is 5.69. The van der Waals surface area contributed by atoms with E-state index in [4.69, 9.17) is 4.74 Å². The Morgan fingerprint density at radius 3 is 2.61 bits per heavy atom. The normalized spacial score (nSPS) is 10.6. The Bertz CT molecular complexity index is 1210. The zero-order valence-electron chi connectivity index (χ0n) is 18.1. The van der Waals surface area contributed by atoms with Gasteiger partial charge in [0.1, 0.15) is 24.8 Å². The molecule has 0 atom stereocenters. The van der Waals surface area contributed by atoms with Crippen LogP contribution in [0.3, 0.4) is 0 Å². The van der Waals surface area contributed by atoms with Gasteiger partial charge in [0.25, 0.3) is 5.91 Å². The quantitative estimate of drug-likeness (QED) is 0.520. The van der Waals surface area contributed by atoms with Gasteiger partial charge in [-0.25, -0.2) is 13.8 Å². The van der Waals surface area contributed by atoms with Crippen LogP contribution in [-0.2, 0) is 20.9 Å². The number of hydrogen-bond acceptors (Lipinski definition) is 6. The molecule has 33 heavy (non-hydrogen) atoms. The van der Waals surface area contributed by atoms with Crippen LogP contribution >= 0.6 is 11.3 Å². The van der Waals surface area contributed by atoms with Crippen molar-refractivity contribution in [2.24, 2.45) is 0 Å². The molecule has 0 bridgehead atoms. The van der Waals surface area contributed by atoms with E-state index in [0.717, 1.165) is 28.9 Å². The number of carbonyl (C=O) groups excluding carboxylic acids is 3. The standard InChI is InChI=1S/C23H21F2N3O4S/c1-13-5-4-6-20(14(13)2)28(15(3)29)23-27-17(12-33-23)11-32-21(30)10-26-22(31)18-8-7-16(24)9-19(18)25/h4-9,12H,10-11H2,1-3H3,(H,26,31). The smallest absolute Gasteiger partial charge is 0.325 e. The maximum atomic E-state index is 13.6. The van der Waals surface area contributed by atoms with Gasteiger partial charge in [0.15, 0.2) is 5.13 Å². The average Bonchev–Trinajstić information content (AvgIpc) is 3.22. The molecule has 1 N–H and O–H groups in total. The first-order valence-corrected chi connectivity index (χ1v) is 10.8. The number of hydrogen-bond donors (Lipinski definition) is 1. The van der Waals surface area contributed by atoms with Crippen LogP contribution in [0.4, 0.5) is 19.6 Å². The van der Waals surface area contributed by atoms with E-state index in [1.165, 1.54) is 23.2 Å². The van der Waals surface area contributed by atoms with Crippen molar-refractivity contribution in [3.8, 4) is 0 Å². The predicted molar refractivity (Wildman–Crippen MR) is 119 cm³/mol. The molecule has 0 spiro atoms. The lowest BCUT2D eigenvalue weighted by molar-refractivity contribution is -0.143. The Morgan fingerprint density at radius 2 is 1.91 bits per heavy atom. The monoisotopic (exact) mass is 473 g/mol. The number of halogens is 2. The number of nitrogens with zero attached hydrogens (tertiary/aromatic N) is 2. The summed E-state index contributed by atoms with van der Waals surface area (Å²) in [4.78, 5) is 42.1. The summed E-state index contributed by atoms with van der Waals surface area (Å²) in [5, 5.41) is 4.32. The molecule has 0 aliphatic rings. The summed E-state index contributed by atoms with van der Waals surface area (Å²) in [6.45, 7) is 4.63. The third kappa shape index (κ3) is 5.78. The van der Waals surface area contributed by atoms with E-state index < -0.39 is 30.1 Å². The van der Waals surface area contributed by atoms with Crippen LogP contribution in [0.15, 0.2) is 41.8 Å². The van der Waals surface area contributed by atoms with Gasteiger partial charge in [-0.1, -0.05) is 12.1 Å². The number of ether oxygens (including phenoxy) is 1. The molecule has 1 heterocycles. The fourth-order valence-electron chi connectivity index (χ4n) is 2.98. The first kappa shape index (κ1) is 24.0. The molecule has 0 unspecified atom stereocenters. The second kappa shape index (κ2) is 10.3. The van der Waals surface area contributed by atoms with E-state index in [1.54, 1.807) is 5.38 Å². The lowest BCUT2D eigenvalue weighted by atomic mass is 10.1. The van der Waals surface area contributed by atoms with E-state index in [1.807, 2.05) is 32.0 Å². The largest absolute Gasteiger partial charge is 0.458 e. The number of thiazole rings is 1. The van der Waals surface area contributed by atoms with Crippen molar-refractivity contribution in [2.45, 2.75) is 27.4 Å². The summed E-state index contributed by atoms with van der Waals surface area (Å²) in [5.41, 5.74) is 2.74. The molecule has 0 radical (unpaired) electrons. The van der Waals surface area contributed by atoms with Crippen molar-refractivity contribution >= 4 is 39.9 Å². The van der Waals surface area contributed by atoms with Gasteiger partial charge < -0.3 is 10.1 Å². The topological polar surface area (TPSA) is 88.6 Å². The van der Waals surface area contributed by atoms with Gasteiger partial charge in [0, 0.05) is 18.4 Å². The maximum absolute atomic E-state index is 13.6. The van der Waals surface area contributed by atoms with Gasteiger partial charge in [0.2, 0.25) is 5.91 Å². The van der Waals surface area contributed by atoms with Gasteiger partial charge in [0.05, 0.1) is 16.9 Å². The van der Waals surface area contributed by atoms with Crippen LogP contribution in [0.1, 0.15) is 34.1 Å². The summed E-state index contributed by atoms with van der Waals surface area (Å²) in [5.74, 6) is -3.69. The van der Waals surface area contributed by atoms with Gasteiger partial charge in [-0.3, -0.25) is 19.3 Å². The summed E-state index contributed by atoms with van der Waals surface area (Å²) < 4.78 is 31.7. The summed E-state index contributed by atoms with van der Waals surface area (Å²) in [7, 11) is 0. The molecule has 0 fully saturated rings. The van der Waals surface area contributed by atoms with Crippen molar-refractivity contribution in [1.29, 1.82) is 0 Å². The van der Waals surface area contributed by atoms with Crippen LogP contribution in [0.2, 0.25) is 0 Å². The number of esters is 1. The molecular formula is C23H21F2N3O4S. The van der Waals surface area contributed by atoms with Gasteiger partial charge in [-0.15, -0.1) is 11.3 Å². The summed E-state index contributed by atoms with van der Waals surface area (Å²) in [6, 6.07) is 8.15. The Kier molecular flexibility index (Phi) is 7.49. The molecule has 3 aromatic rings. The number of aryl methyl sites for hydroxylation is 1. The minimum atomic E-state index is -1.03. The number of carbonyl (C=O) groups is 3. The fourth-order valence-corrected chi connectivity index (χ4v) is 3.84. The van der Waals surface area contributed by atoms with Crippen LogP contribution in [0, 0.1) is 25.5 Å². The van der Waals surface area contributed by atoms with E-state index in [9.17, 15) is 23.2 Å². The molecule has 172 valence electrons. The predicted octanol–water partition coefficient (Wildman–Crippen LogP) is 4.20. The number of rotatable bonds is 7. The first-order valence-electron chi connectivity index (χ1n) is 9.87. The lowest BCUT2D eigenvalue weighted by Crippen LogP contribution is -2.31. The second-order valence-electron chi connectivity index (χ2n) is 7.16. The minimum absolute atomic E-state index is 0.172. The number of nitrogens with one attached hydrogen (secondary N) is 1. The van der Waals surface area contributed by atoms with Gasteiger partial charge in [-0.05, 0) is 43.2 Å². The van der Waals surface area contributed by atoms with Crippen LogP contribution in [-0.4, -0.2) is 29.3 Å². The zero-order chi connectivity index (χ0) is 24.1. The number of anilines is 2. The molecule has 0 saturated carbocycles. The van der Waals surface area contributed by atoms with Crippen LogP contribution in [0.25, 0.3) is 0 Å². The highest BCUT2D eigenvalue weighted by Crippen LogP contribution is 2.32. The highest BCUT2D eigenvalue weighted by atomic mass is 32.1. The van der Waals surface area contributed by atoms with Crippen LogP contribution in [0.5, 0.6) is 0 Å². The van der Waals surface area contributed by atoms with Crippen molar-refractivity contribution in [3.63, 3.8) is 0 Å². The summed E-state index contributed by atoms with van der Waals surface area (Å²) >= 11 is 1.23. The Balaban J connectivity index is 1.60. The molecule has 0 aliphatic carbocycles. The molecule has 1 aromatic heterocycles. The van der Waals surface area contributed by atoms with Crippen molar-refractivity contribution < 1.29 is 27.9 Å². The molecule has 0 saturated heterocycles. The molecule has 7 nitrogen and oxygen atoms in total. The third-order valence-electron chi connectivity index (χ3n) is 4.81. The van der Waals surface area contributed by atoms with E-state index in [0.29, 0.717) is 16.9 Å². The zero-order valence-corrected chi connectivity index (χ0v) is 19.0. The Hall–Kier alpha value is -3.66. The SMILES string of the molecule is CC(=O)N(c1nc(COC(=O)CNC(=O)c2ccc(F)cc2F)cs1)c1cccc(C)c1C. The van der Waals surface area contributed by atoms with E-state index in [-0.39, 0.29) is 18.1 Å². The summed E-state index contributed by atoms with van der Waals surface area (Å²) in [6.07, 6.45) is 0. The highest BCUT2D eigenvalue weighted by Gasteiger charge is 2.21. The molecule has 0 aliphatic heterocycles. The highest BCUT2D eigenvalue weighted by molar-refractivity contribution is 7.14. The van der Waals surface area contributed by atoms with Crippen LogP contribution < -0.4 is 10.2 Å². The maximum Gasteiger partial charge on any atom is 0.325 e. The van der Waals surface area contributed by atoms with E-state index >= 15 is 0 Å². The van der Waals surface area contributed by atoms with Gasteiger partial charge in [-0.2, -0.15) is 0 Å². The Labute approximate surface area is 193 Å². The molecule has 2 aromatic carbocycles. The molecule has 3 rings (SSSR count). The van der Waals surface area contributed by atoms with Crippen molar-refractivity contribution in [2.75, 3.05) is 11.4 Å². The molecule has 2 amide bonds. The number of aromatic nitrogens is 1. The van der Waals surface area contributed by atoms with E-state index in [2.05, 4.69) is 10.3 Å². The van der Waals surface area contributed by atoms with Gasteiger partial charge >= 0.3 is 5.97 Å². The number of amides is 2. The fraction of sp³-hybridized carbons (Fsp3) is 0.217. The van der Waals surface area contributed by atoms with Crippen molar-refractivity contribution in [3.05, 3.63) is 75.8 Å².